The molecular weight excluding hydrogens is 272 g/mol. The maximum atomic E-state index is 12.5. The van der Waals surface area contributed by atoms with Gasteiger partial charge in [-0.2, -0.15) is 10.2 Å². The summed E-state index contributed by atoms with van der Waals surface area (Å²) in [6.45, 7) is 1.54. The average molecular weight is 288 g/mol. The van der Waals surface area contributed by atoms with E-state index in [1.165, 1.54) is 12.4 Å². The topological polar surface area (TPSA) is 86.0 Å². The zero-order chi connectivity index (χ0) is 14.8. The van der Waals surface area contributed by atoms with Gasteiger partial charge in [0.15, 0.2) is 0 Å². The molecule has 8 heteroatoms. The van der Waals surface area contributed by atoms with Gasteiger partial charge in [-0.15, -0.1) is 5.10 Å². The molecule has 1 aliphatic heterocycles. The molecular formula is C13H16N6O2. The van der Waals surface area contributed by atoms with Crippen LogP contribution in [0, 0.1) is 0 Å². The number of aromatic nitrogens is 5. The van der Waals surface area contributed by atoms with E-state index in [1.807, 2.05) is 7.05 Å². The molecule has 21 heavy (non-hydrogen) atoms. The van der Waals surface area contributed by atoms with Crippen molar-refractivity contribution in [3.8, 4) is 0 Å². The largest absolute Gasteiger partial charge is 0.384 e. The number of fused-ring (bicyclic) bond motifs is 1. The van der Waals surface area contributed by atoms with Crippen LogP contribution >= 0.6 is 0 Å². The zero-order valence-corrected chi connectivity index (χ0v) is 11.9. The Morgan fingerprint density at radius 2 is 2.33 bits per heavy atom. The van der Waals surface area contributed by atoms with Crippen molar-refractivity contribution in [2.45, 2.75) is 12.5 Å². The third kappa shape index (κ3) is 2.49. The second-order valence-electron chi connectivity index (χ2n) is 5.01. The van der Waals surface area contributed by atoms with Gasteiger partial charge in [-0.1, -0.05) is 5.21 Å². The molecule has 0 radical (unpaired) electrons. The maximum Gasteiger partial charge on any atom is 0.255 e. The van der Waals surface area contributed by atoms with Crippen LogP contribution in [-0.4, -0.2) is 56.3 Å². The van der Waals surface area contributed by atoms with E-state index in [2.05, 4.69) is 20.5 Å². The van der Waals surface area contributed by atoms with Crippen LogP contribution in [0.1, 0.15) is 27.7 Å². The second-order valence-corrected chi connectivity index (χ2v) is 5.01. The minimum atomic E-state index is -0.0812. The van der Waals surface area contributed by atoms with Gasteiger partial charge < -0.3 is 9.64 Å². The Morgan fingerprint density at radius 3 is 3.05 bits per heavy atom. The highest BCUT2D eigenvalue weighted by atomic mass is 16.5. The standard InChI is InChI=1S/C13H16N6O2/c1-18-12-10(8-21-2)6-19(7-11(12)16-17-18)13(20)9-3-4-14-15-5-9/h3-5,10H,6-8H2,1-2H3/t10-/m1/s1. The SMILES string of the molecule is COC[C@H]1CN(C(=O)c2ccnnc2)Cc2nnn(C)c21. The van der Waals surface area contributed by atoms with Gasteiger partial charge in [-0.05, 0) is 6.07 Å². The number of ether oxygens (including phenoxy) is 1. The lowest BCUT2D eigenvalue weighted by atomic mass is 9.98. The van der Waals surface area contributed by atoms with E-state index in [4.69, 9.17) is 4.74 Å². The van der Waals surface area contributed by atoms with Crippen molar-refractivity contribution in [1.29, 1.82) is 0 Å². The number of amides is 1. The van der Waals surface area contributed by atoms with Crippen molar-refractivity contribution in [2.24, 2.45) is 7.05 Å². The highest BCUT2D eigenvalue weighted by molar-refractivity contribution is 5.93. The first-order chi connectivity index (χ1) is 10.2. The first-order valence-electron chi connectivity index (χ1n) is 6.64. The van der Waals surface area contributed by atoms with Crippen LogP contribution in [0.15, 0.2) is 18.5 Å². The highest BCUT2D eigenvalue weighted by Gasteiger charge is 2.32. The summed E-state index contributed by atoms with van der Waals surface area (Å²) < 4.78 is 7.03. The summed E-state index contributed by atoms with van der Waals surface area (Å²) in [5.41, 5.74) is 2.38. The van der Waals surface area contributed by atoms with Crippen LogP contribution < -0.4 is 0 Å². The van der Waals surface area contributed by atoms with Gasteiger partial charge in [-0.3, -0.25) is 9.48 Å². The number of carbonyl (C=O) groups is 1. The smallest absolute Gasteiger partial charge is 0.255 e. The third-order valence-corrected chi connectivity index (χ3v) is 3.60. The number of methoxy groups -OCH3 is 1. The molecule has 1 atom stereocenters. The molecule has 0 unspecified atom stereocenters. The summed E-state index contributed by atoms with van der Waals surface area (Å²) in [7, 11) is 3.51. The predicted molar refractivity (Wildman–Crippen MR) is 72.4 cm³/mol. The molecule has 1 aliphatic rings. The summed E-state index contributed by atoms with van der Waals surface area (Å²) >= 11 is 0. The molecule has 3 rings (SSSR count). The van der Waals surface area contributed by atoms with E-state index in [-0.39, 0.29) is 11.8 Å². The number of aryl methyl sites for hydroxylation is 1. The number of hydrogen-bond donors (Lipinski definition) is 0. The van der Waals surface area contributed by atoms with Gasteiger partial charge in [0.2, 0.25) is 0 Å². The first-order valence-corrected chi connectivity index (χ1v) is 6.64. The number of nitrogens with zero attached hydrogens (tertiary/aromatic N) is 6. The Bertz CT molecular complexity index is 641. The number of rotatable bonds is 3. The molecule has 8 nitrogen and oxygen atoms in total. The van der Waals surface area contributed by atoms with Gasteiger partial charge in [-0.25, -0.2) is 0 Å². The lowest BCUT2D eigenvalue weighted by Crippen LogP contribution is -2.40. The predicted octanol–water partition coefficient (Wildman–Crippen LogP) is -0.00890. The van der Waals surface area contributed by atoms with Crippen LogP contribution in [0.25, 0.3) is 0 Å². The van der Waals surface area contributed by atoms with Crippen molar-refractivity contribution >= 4 is 5.91 Å². The highest BCUT2D eigenvalue weighted by Crippen LogP contribution is 2.27. The van der Waals surface area contributed by atoms with Crippen LogP contribution in [0.5, 0.6) is 0 Å². The molecule has 0 N–H and O–H groups in total. The van der Waals surface area contributed by atoms with E-state index >= 15 is 0 Å². The molecule has 0 aliphatic carbocycles. The van der Waals surface area contributed by atoms with Crippen molar-refractivity contribution in [1.82, 2.24) is 30.1 Å². The van der Waals surface area contributed by atoms with E-state index < -0.39 is 0 Å². The number of hydrogen-bond acceptors (Lipinski definition) is 6. The fourth-order valence-corrected chi connectivity index (χ4v) is 2.70. The first kappa shape index (κ1) is 13.6. The van der Waals surface area contributed by atoms with E-state index in [9.17, 15) is 4.79 Å². The lowest BCUT2D eigenvalue weighted by Gasteiger charge is -2.31. The van der Waals surface area contributed by atoms with E-state index in [1.54, 1.807) is 22.8 Å². The molecule has 0 saturated carbocycles. The van der Waals surface area contributed by atoms with Gasteiger partial charge in [0.05, 0.1) is 36.8 Å². The minimum absolute atomic E-state index is 0.0671. The van der Waals surface area contributed by atoms with Crippen LogP contribution in [-0.2, 0) is 18.3 Å². The molecule has 0 fully saturated rings. The van der Waals surface area contributed by atoms with E-state index in [0.717, 1.165) is 11.4 Å². The molecule has 0 saturated heterocycles. The molecule has 0 aromatic carbocycles. The van der Waals surface area contributed by atoms with Crippen LogP contribution in [0.2, 0.25) is 0 Å². The molecule has 2 aromatic rings. The fourth-order valence-electron chi connectivity index (χ4n) is 2.70. The second kappa shape index (κ2) is 5.57. The Hall–Kier alpha value is -2.35. The Balaban J connectivity index is 1.88. The fraction of sp³-hybridized carbons (Fsp3) is 0.462. The van der Waals surface area contributed by atoms with E-state index in [0.29, 0.717) is 25.3 Å². The summed E-state index contributed by atoms with van der Waals surface area (Å²) in [5, 5.41) is 15.6. The van der Waals surface area contributed by atoms with Crippen LogP contribution in [0.4, 0.5) is 0 Å². The van der Waals surface area contributed by atoms with Gasteiger partial charge in [0.1, 0.15) is 5.69 Å². The summed E-state index contributed by atoms with van der Waals surface area (Å²) in [5.74, 6) is -0.0141. The Morgan fingerprint density at radius 1 is 1.48 bits per heavy atom. The molecule has 0 bridgehead atoms. The average Bonchev–Trinajstić information content (AvgIpc) is 2.89. The van der Waals surface area contributed by atoms with Crippen molar-refractivity contribution in [3.63, 3.8) is 0 Å². The molecule has 1 amide bonds. The maximum absolute atomic E-state index is 12.5. The molecule has 110 valence electrons. The zero-order valence-electron chi connectivity index (χ0n) is 11.9. The Labute approximate surface area is 121 Å². The van der Waals surface area contributed by atoms with Gasteiger partial charge in [0.25, 0.3) is 5.91 Å². The third-order valence-electron chi connectivity index (χ3n) is 3.60. The monoisotopic (exact) mass is 288 g/mol. The Kier molecular flexibility index (Phi) is 3.61. The number of carbonyl (C=O) groups excluding carboxylic acids is 1. The van der Waals surface area contributed by atoms with Gasteiger partial charge in [0, 0.05) is 26.6 Å². The normalized spacial score (nSPS) is 17.6. The quantitative estimate of drug-likeness (QED) is 0.789. The van der Waals surface area contributed by atoms with Crippen LogP contribution in [0.3, 0.4) is 0 Å². The summed E-state index contributed by atoms with van der Waals surface area (Å²) in [6, 6.07) is 1.66. The van der Waals surface area contributed by atoms with Gasteiger partial charge >= 0.3 is 0 Å². The minimum Gasteiger partial charge on any atom is -0.384 e. The lowest BCUT2D eigenvalue weighted by molar-refractivity contribution is 0.0672. The summed E-state index contributed by atoms with van der Waals surface area (Å²) in [6.07, 6.45) is 2.98. The molecule has 0 spiro atoms. The summed E-state index contributed by atoms with van der Waals surface area (Å²) in [4.78, 5) is 14.3. The molecule has 2 aromatic heterocycles. The van der Waals surface area contributed by atoms with Crippen molar-refractivity contribution < 1.29 is 9.53 Å². The van der Waals surface area contributed by atoms with Crippen molar-refractivity contribution in [2.75, 3.05) is 20.3 Å². The van der Waals surface area contributed by atoms with Crippen molar-refractivity contribution in [3.05, 3.63) is 35.4 Å². The molecule has 3 heterocycles.